The summed E-state index contributed by atoms with van der Waals surface area (Å²) < 4.78 is 1.78. The fourth-order valence-electron chi connectivity index (χ4n) is 4.80. The lowest BCUT2D eigenvalue weighted by Gasteiger charge is -2.12. The Labute approximate surface area is 252 Å². The quantitative estimate of drug-likeness (QED) is 0.148. The molecule has 6 aromatic rings. The van der Waals surface area contributed by atoms with Gasteiger partial charge in [0.05, 0.1) is 16.8 Å². The molecule has 2 heterocycles. The fourth-order valence-corrected chi connectivity index (χ4v) is 5.55. The molecule has 0 bridgehead atoms. The highest BCUT2D eigenvalue weighted by Gasteiger charge is 2.17. The summed E-state index contributed by atoms with van der Waals surface area (Å²) in [4.78, 5) is 44.4. The number of thioether (sulfide) groups is 1. The SMILES string of the molecule is O=C(Nc1ccc(SCC(=O)n2c3ccccc3c3ccccc32)cc1)/C(=C/c1cccnc1)NC(=O)c1ccccc1. The largest absolute Gasteiger partial charge is 0.321 e. The Morgan fingerprint density at radius 1 is 0.744 bits per heavy atom. The number of nitrogens with zero attached hydrogens (tertiary/aromatic N) is 2. The number of carbonyl (C=O) groups excluding carboxylic acids is 3. The Morgan fingerprint density at radius 3 is 2.05 bits per heavy atom. The lowest BCUT2D eigenvalue weighted by Crippen LogP contribution is -2.30. The number of aromatic nitrogens is 2. The third-order valence-electron chi connectivity index (χ3n) is 6.83. The van der Waals surface area contributed by atoms with Crippen LogP contribution in [0.3, 0.4) is 0 Å². The normalized spacial score (nSPS) is 11.4. The van der Waals surface area contributed by atoms with Gasteiger partial charge in [0.1, 0.15) is 5.70 Å². The van der Waals surface area contributed by atoms with Gasteiger partial charge >= 0.3 is 0 Å². The number of pyridine rings is 1. The molecular weight excluding hydrogens is 556 g/mol. The average molecular weight is 583 g/mol. The first-order valence-corrected chi connectivity index (χ1v) is 14.6. The second kappa shape index (κ2) is 12.6. The first kappa shape index (κ1) is 27.7. The Kier molecular flexibility index (Phi) is 8.10. The van der Waals surface area contributed by atoms with E-state index in [2.05, 4.69) is 15.6 Å². The fraction of sp³-hybridized carbons (Fsp3) is 0.0286. The van der Waals surface area contributed by atoms with Crippen molar-refractivity contribution in [1.82, 2.24) is 14.9 Å². The van der Waals surface area contributed by atoms with E-state index in [0.29, 0.717) is 16.8 Å². The maximum Gasteiger partial charge on any atom is 0.272 e. The molecule has 43 heavy (non-hydrogen) atoms. The van der Waals surface area contributed by atoms with Crippen molar-refractivity contribution in [1.29, 1.82) is 0 Å². The maximum absolute atomic E-state index is 13.4. The highest BCUT2D eigenvalue weighted by molar-refractivity contribution is 8.00. The molecule has 0 aliphatic rings. The highest BCUT2D eigenvalue weighted by Crippen LogP contribution is 2.30. The van der Waals surface area contributed by atoms with Gasteiger partial charge in [-0.15, -0.1) is 11.8 Å². The van der Waals surface area contributed by atoms with Crippen LogP contribution >= 0.6 is 11.8 Å². The maximum atomic E-state index is 13.4. The van der Waals surface area contributed by atoms with Gasteiger partial charge in [-0.1, -0.05) is 60.7 Å². The number of rotatable bonds is 8. The van der Waals surface area contributed by atoms with Gasteiger partial charge in [0.2, 0.25) is 5.91 Å². The van der Waals surface area contributed by atoms with Crippen LogP contribution in [0.1, 0.15) is 20.7 Å². The van der Waals surface area contributed by atoms with E-state index in [0.717, 1.165) is 26.7 Å². The minimum Gasteiger partial charge on any atom is -0.321 e. The summed E-state index contributed by atoms with van der Waals surface area (Å²) in [6, 6.07) is 35.3. The molecule has 0 saturated carbocycles. The van der Waals surface area contributed by atoms with Gasteiger partial charge in [0, 0.05) is 39.3 Å². The van der Waals surface area contributed by atoms with E-state index < -0.39 is 11.8 Å². The molecular formula is C35H26N4O3S. The zero-order chi connectivity index (χ0) is 29.6. The van der Waals surface area contributed by atoms with Gasteiger partial charge in [0.15, 0.2) is 0 Å². The van der Waals surface area contributed by atoms with E-state index >= 15 is 0 Å². The number of amides is 2. The first-order chi connectivity index (χ1) is 21.1. The summed E-state index contributed by atoms with van der Waals surface area (Å²) >= 11 is 1.43. The topological polar surface area (TPSA) is 93.1 Å². The van der Waals surface area contributed by atoms with Crippen molar-refractivity contribution in [3.63, 3.8) is 0 Å². The summed E-state index contributed by atoms with van der Waals surface area (Å²) in [7, 11) is 0. The Morgan fingerprint density at radius 2 is 1.40 bits per heavy atom. The molecule has 0 fully saturated rings. The molecule has 8 heteroatoms. The molecule has 7 nitrogen and oxygen atoms in total. The molecule has 0 saturated heterocycles. The predicted octanol–water partition coefficient (Wildman–Crippen LogP) is 7.03. The van der Waals surface area contributed by atoms with Crippen molar-refractivity contribution in [3.05, 3.63) is 144 Å². The van der Waals surface area contributed by atoms with Crippen molar-refractivity contribution >= 4 is 63.1 Å². The van der Waals surface area contributed by atoms with E-state index in [4.69, 9.17) is 0 Å². The van der Waals surface area contributed by atoms with Gasteiger partial charge in [0.25, 0.3) is 11.8 Å². The minimum atomic E-state index is -0.477. The molecule has 0 atom stereocenters. The minimum absolute atomic E-state index is 0.0147. The van der Waals surface area contributed by atoms with Crippen molar-refractivity contribution in [2.75, 3.05) is 11.1 Å². The number of nitrogens with one attached hydrogen (secondary N) is 2. The van der Waals surface area contributed by atoms with Crippen molar-refractivity contribution in [2.45, 2.75) is 4.90 Å². The smallest absolute Gasteiger partial charge is 0.272 e. The molecule has 0 unspecified atom stereocenters. The second-order valence-electron chi connectivity index (χ2n) is 9.70. The van der Waals surface area contributed by atoms with E-state index in [1.165, 1.54) is 11.8 Å². The molecule has 2 N–H and O–H groups in total. The Bertz CT molecular complexity index is 1910. The van der Waals surface area contributed by atoms with E-state index in [1.807, 2.05) is 66.7 Å². The standard InChI is InChI=1S/C35H26N4O3S/c40-33(39-31-14-6-4-12-28(31)29-13-5-7-15-32(29)39)23-43-27-18-16-26(17-19-27)37-35(42)30(21-24-9-8-20-36-22-24)38-34(41)25-10-2-1-3-11-25/h1-22H,23H2,(H,37,42)(H,38,41)/b30-21-. The van der Waals surface area contributed by atoms with Crippen LogP contribution in [0.4, 0.5) is 5.69 Å². The van der Waals surface area contributed by atoms with Crippen molar-refractivity contribution in [3.8, 4) is 0 Å². The summed E-state index contributed by atoms with van der Waals surface area (Å²) in [5.74, 6) is -0.641. The number of hydrogen-bond donors (Lipinski definition) is 2. The van der Waals surface area contributed by atoms with Crippen LogP contribution in [0.15, 0.2) is 138 Å². The second-order valence-corrected chi connectivity index (χ2v) is 10.7. The van der Waals surface area contributed by atoms with Crippen LogP contribution in [-0.2, 0) is 4.79 Å². The highest BCUT2D eigenvalue weighted by atomic mass is 32.2. The number of hydrogen-bond acceptors (Lipinski definition) is 5. The van der Waals surface area contributed by atoms with Crippen LogP contribution < -0.4 is 10.6 Å². The predicted molar refractivity (Wildman–Crippen MR) is 172 cm³/mol. The zero-order valence-corrected chi connectivity index (χ0v) is 23.8. The molecule has 0 aliphatic heterocycles. The third-order valence-corrected chi connectivity index (χ3v) is 7.82. The van der Waals surface area contributed by atoms with Crippen molar-refractivity contribution in [2.24, 2.45) is 0 Å². The van der Waals surface area contributed by atoms with E-state index in [9.17, 15) is 14.4 Å². The third kappa shape index (κ3) is 6.24. The first-order valence-electron chi connectivity index (χ1n) is 13.6. The van der Waals surface area contributed by atoms with Gasteiger partial charge in [-0.3, -0.25) is 23.9 Å². The summed E-state index contributed by atoms with van der Waals surface area (Å²) in [6.45, 7) is 0. The number of benzene rings is 4. The average Bonchev–Trinajstić information content (AvgIpc) is 3.39. The number of carbonyl (C=O) groups is 3. The molecule has 0 aliphatic carbocycles. The zero-order valence-electron chi connectivity index (χ0n) is 22.9. The van der Waals surface area contributed by atoms with Crippen LogP contribution in [0.5, 0.6) is 0 Å². The molecule has 0 spiro atoms. The lowest BCUT2D eigenvalue weighted by molar-refractivity contribution is -0.113. The number of fused-ring (bicyclic) bond motifs is 3. The van der Waals surface area contributed by atoms with Gasteiger partial charge in [-0.2, -0.15) is 0 Å². The van der Waals surface area contributed by atoms with Crippen LogP contribution in [0.2, 0.25) is 0 Å². The molecule has 0 radical (unpaired) electrons. The molecule has 6 rings (SSSR count). The molecule has 4 aromatic carbocycles. The van der Waals surface area contributed by atoms with Gasteiger partial charge in [-0.05, 0) is 66.2 Å². The monoisotopic (exact) mass is 582 g/mol. The Hall–Kier alpha value is -5.47. The van der Waals surface area contributed by atoms with Gasteiger partial charge in [-0.25, -0.2) is 0 Å². The van der Waals surface area contributed by atoms with Crippen LogP contribution in [-0.4, -0.2) is 33.0 Å². The van der Waals surface area contributed by atoms with E-state index in [1.54, 1.807) is 71.6 Å². The molecule has 210 valence electrons. The summed E-state index contributed by atoms with van der Waals surface area (Å²) in [5.41, 5.74) is 3.51. The molecule has 2 aromatic heterocycles. The van der Waals surface area contributed by atoms with Crippen molar-refractivity contribution < 1.29 is 14.4 Å². The van der Waals surface area contributed by atoms with E-state index in [-0.39, 0.29) is 17.4 Å². The lowest BCUT2D eigenvalue weighted by atomic mass is 10.2. The number of para-hydroxylation sites is 2. The summed E-state index contributed by atoms with van der Waals surface area (Å²) in [5, 5.41) is 7.67. The van der Waals surface area contributed by atoms with Gasteiger partial charge < -0.3 is 10.6 Å². The van der Waals surface area contributed by atoms with Crippen LogP contribution in [0, 0.1) is 0 Å². The Balaban J connectivity index is 1.15. The number of anilines is 1. The summed E-state index contributed by atoms with van der Waals surface area (Å²) in [6.07, 6.45) is 4.82. The molecule has 2 amide bonds. The van der Waals surface area contributed by atoms with Crippen LogP contribution in [0.25, 0.3) is 27.9 Å².